The van der Waals surface area contributed by atoms with Crippen LogP contribution in [-0.4, -0.2) is 42.8 Å². The number of ether oxygens (including phenoxy) is 3. The third-order valence-corrected chi connectivity index (χ3v) is 5.71. The van der Waals surface area contributed by atoms with Gasteiger partial charge in [0.1, 0.15) is 23.9 Å². The number of sulfonamides is 1. The standard InChI is InChI=1S/C17H19ClN2O5S/c1-20-6-7-25-15-5-4-11(8-14(15)20)26(21,22)19-13-10-16(23-2)12(18)9-17(13)24-3/h4-5,8-10,19H,6-7H2,1-3H3. The molecule has 1 heterocycles. The summed E-state index contributed by atoms with van der Waals surface area (Å²) in [7, 11) is 0.917. The maximum Gasteiger partial charge on any atom is 0.262 e. The summed E-state index contributed by atoms with van der Waals surface area (Å²) in [4.78, 5) is 2.06. The zero-order valence-electron chi connectivity index (χ0n) is 14.6. The molecule has 3 rings (SSSR count). The first-order chi connectivity index (χ1) is 12.4. The van der Waals surface area contributed by atoms with Crippen molar-refractivity contribution in [3.05, 3.63) is 35.4 Å². The fraction of sp³-hybridized carbons (Fsp3) is 0.294. The van der Waals surface area contributed by atoms with E-state index in [-0.39, 0.29) is 16.3 Å². The second kappa shape index (κ2) is 7.13. The molecule has 0 bridgehead atoms. The van der Waals surface area contributed by atoms with Crippen LogP contribution in [0.3, 0.4) is 0 Å². The maximum absolute atomic E-state index is 12.8. The number of benzene rings is 2. The molecule has 0 radical (unpaired) electrons. The molecule has 1 aliphatic heterocycles. The second-order valence-corrected chi connectivity index (χ2v) is 7.78. The molecule has 2 aromatic carbocycles. The van der Waals surface area contributed by atoms with Crippen LogP contribution in [0.2, 0.25) is 5.02 Å². The predicted molar refractivity (Wildman–Crippen MR) is 101 cm³/mol. The largest absolute Gasteiger partial charge is 0.495 e. The van der Waals surface area contributed by atoms with Gasteiger partial charge in [0.25, 0.3) is 10.0 Å². The van der Waals surface area contributed by atoms with Crippen LogP contribution in [0.5, 0.6) is 17.2 Å². The van der Waals surface area contributed by atoms with Crippen LogP contribution < -0.4 is 23.8 Å². The molecule has 2 aromatic rings. The monoisotopic (exact) mass is 398 g/mol. The van der Waals surface area contributed by atoms with Gasteiger partial charge in [0.15, 0.2) is 0 Å². The van der Waals surface area contributed by atoms with Gasteiger partial charge in [-0.05, 0) is 18.2 Å². The smallest absolute Gasteiger partial charge is 0.262 e. The quantitative estimate of drug-likeness (QED) is 0.834. The Bertz CT molecular complexity index is 933. The molecule has 7 nitrogen and oxygen atoms in total. The molecule has 0 spiro atoms. The van der Waals surface area contributed by atoms with Crippen LogP contribution in [-0.2, 0) is 10.0 Å². The fourth-order valence-electron chi connectivity index (χ4n) is 2.64. The van der Waals surface area contributed by atoms with Crippen LogP contribution >= 0.6 is 11.6 Å². The molecule has 9 heteroatoms. The highest BCUT2D eigenvalue weighted by Gasteiger charge is 2.22. The van der Waals surface area contributed by atoms with Crippen molar-refractivity contribution >= 4 is 33.0 Å². The number of likely N-dealkylation sites (N-methyl/N-ethyl adjacent to an activating group) is 1. The summed E-state index contributed by atoms with van der Waals surface area (Å²) in [6, 6.07) is 7.70. The molecule has 0 atom stereocenters. The summed E-state index contributed by atoms with van der Waals surface area (Å²) in [6.07, 6.45) is 0. The van der Waals surface area contributed by atoms with Crippen LogP contribution in [0.4, 0.5) is 11.4 Å². The second-order valence-electron chi connectivity index (χ2n) is 5.69. The Morgan fingerprint density at radius 1 is 1.15 bits per heavy atom. The van der Waals surface area contributed by atoms with Crippen molar-refractivity contribution in [1.82, 2.24) is 0 Å². The lowest BCUT2D eigenvalue weighted by atomic mass is 10.2. The van der Waals surface area contributed by atoms with E-state index in [2.05, 4.69) is 4.72 Å². The molecule has 0 unspecified atom stereocenters. The minimum atomic E-state index is -3.85. The van der Waals surface area contributed by atoms with E-state index in [0.29, 0.717) is 29.7 Å². The lowest BCUT2D eigenvalue weighted by molar-refractivity contribution is 0.311. The average molecular weight is 399 g/mol. The molecule has 0 saturated heterocycles. The Morgan fingerprint density at radius 2 is 1.88 bits per heavy atom. The van der Waals surface area contributed by atoms with Crippen molar-refractivity contribution in [3.8, 4) is 17.2 Å². The van der Waals surface area contributed by atoms with Gasteiger partial charge in [-0.2, -0.15) is 0 Å². The van der Waals surface area contributed by atoms with Gasteiger partial charge in [-0.3, -0.25) is 4.72 Å². The highest BCUT2D eigenvalue weighted by molar-refractivity contribution is 7.92. The Kier molecular flexibility index (Phi) is 5.06. The zero-order chi connectivity index (χ0) is 18.9. The molecule has 0 aromatic heterocycles. The number of fused-ring (bicyclic) bond motifs is 1. The first-order valence-corrected chi connectivity index (χ1v) is 9.64. The van der Waals surface area contributed by atoms with Gasteiger partial charge >= 0.3 is 0 Å². The Hall–Kier alpha value is -2.32. The van der Waals surface area contributed by atoms with E-state index in [1.165, 1.54) is 32.4 Å². The van der Waals surface area contributed by atoms with Crippen molar-refractivity contribution in [2.24, 2.45) is 0 Å². The summed E-state index contributed by atoms with van der Waals surface area (Å²) in [5.41, 5.74) is 0.954. The van der Waals surface area contributed by atoms with Gasteiger partial charge in [-0.15, -0.1) is 0 Å². The molecular weight excluding hydrogens is 380 g/mol. The van der Waals surface area contributed by atoms with Crippen molar-refractivity contribution in [2.45, 2.75) is 4.90 Å². The van der Waals surface area contributed by atoms with Crippen molar-refractivity contribution in [1.29, 1.82) is 0 Å². The highest BCUT2D eigenvalue weighted by atomic mass is 35.5. The number of halogens is 1. The normalized spacial score (nSPS) is 13.6. The number of hydrogen-bond donors (Lipinski definition) is 1. The van der Waals surface area contributed by atoms with E-state index in [4.69, 9.17) is 25.8 Å². The Morgan fingerprint density at radius 3 is 2.58 bits per heavy atom. The van der Waals surface area contributed by atoms with Gasteiger partial charge in [0, 0.05) is 19.2 Å². The van der Waals surface area contributed by atoms with E-state index in [1.807, 2.05) is 11.9 Å². The highest BCUT2D eigenvalue weighted by Crippen LogP contribution is 2.38. The molecule has 1 aliphatic rings. The van der Waals surface area contributed by atoms with Crippen molar-refractivity contribution < 1.29 is 22.6 Å². The van der Waals surface area contributed by atoms with Crippen LogP contribution in [0.1, 0.15) is 0 Å². The number of methoxy groups -OCH3 is 2. The number of nitrogens with one attached hydrogen (secondary N) is 1. The topological polar surface area (TPSA) is 77.1 Å². The van der Waals surface area contributed by atoms with Gasteiger partial charge in [0.2, 0.25) is 0 Å². The Balaban J connectivity index is 1.99. The SMILES string of the molecule is COc1cc(NS(=O)(=O)c2ccc3c(c2)N(C)CCO3)c(OC)cc1Cl. The number of rotatable bonds is 5. The first kappa shape index (κ1) is 18.5. The van der Waals surface area contributed by atoms with Gasteiger partial charge in [-0.25, -0.2) is 8.42 Å². The summed E-state index contributed by atoms with van der Waals surface area (Å²) in [5, 5.41) is 0.319. The third-order valence-electron chi connectivity index (χ3n) is 4.05. The molecule has 0 aliphatic carbocycles. The lowest BCUT2D eigenvalue weighted by Gasteiger charge is -2.28. The average Bonchev–Trinajstić information content (AvgIpc) is 2.62. The molecular formula is C17H19ClN2O5S. The first-order valence-electron chi connectivity index (χ1n) is 7.78. The van der Waals surface area contributed by atoms with E-state index >= 15 is 0 Å². The van der Waals surface area contributed by atoms with E-state index < -0.39 is 10.0 Å². The summed E-state index contributed by atoms with van der Waals surface area (Å²) >= 11 is 6.06. The van der Waals surface area contributed by atoms with Crippen LogP contribution in [0.15, 0.2) is 35.2 Å². The predicted octanol–water partition coefficient (Wildman–Crippen LogP) is 2.99. The summed E-state index contributed by atoms with van der Waals surface area (Å²) < 4.78 is 44.1. The Labute approximate surface area is 157 Å². The van der Waals surface area contributed by atoms with E-state index in [1.54, 1.807) is 12.1 Å². The van der Waals surface area contributed by atoms with E-state index in [9.17, 15) is 8.42 Å². The third kappa shape index (κ3) is 3.47. The molecule has 26 heavy (non-hydrogen) atoms. The lowest BCUT2D eigenvalue weighted by Crippen LogP contribution is -2.29. The molecule has 140 valence electrons. The molecule has 1 N–H and O–H groups in total. The van der Waals surface area contributed by atoms with Crippen molar-refractivity contribution in [3.63, 3.8) is 0 Å². The summed E-state index contributed by atoms with van der Waals surface area (Å²) in [5.74, 6) is 1.28. The summed E-state index contributed by atoms with van der Waals surface area (Å²) in [6.45, 7) is 1.25. The maximum atomic E-state index is 12.8. The molecule has 0 fully saturated rings. The number of nitrogens with zero attached hydrogens (tertiary/aromatic N) is 1. The number of anilines is 2. The van der Waals surface area contributed by atoms with Crippen LogP contribution in [0.25, 0.3) is 0 Å². The minimum absolute atomic E-state index is 0.115. The van der Waals surface area contributed by atoms with Crippen LogP contribution in [0, 0.1) is 0 Å². The van der Waals surface area contributed by atoms with E-state index in [0.717, 1.165) is 5.69 Å². The van der Waals surface area contributed by atoms with Gasteiger partial charge < -0.3 is 19.1 Å². The van der Waals surface area contributed by atoms with Crippen molar-refractivity contribution in [2.75, 3.05) is 44.0 Å². The fourth-order valence-corrected chi connectivity index (χ4v) is 3.95. The number of hydrogen-bond acceptors (Lipinski definition) is 6. The minimum Gasteiger partial charge on any atom is -0.495 e. The molecule has 0 amide bonds. The zero-order valence-corrected chi connectivity index (χ0v) is 16.1. The molecule has 0 saturated carbocycles. The van der Waals surface area contributed by atoms with Gasteiger partial charge in [0.05, 0.1) is 42.1 Å². The van der Waals surface area contributed by atoms with Gasteiger partial charge in [-0.1, -0.05) is 11.6 Å².